The van der Waals surface area contributed by atoms with Crippen molar-refractivity contribution in [1.29, 1.82) is 0 Å². The standard InChI is InChI=1S/C59H36N2O2/c1-2-16-37(17-3-1)38-32-34-39(35-33-38)40-18-4-5-21-43(40)52-36-53(46-24-14-23-45-44-22-8-12-30-54(44)62-56(45)46)61-58(60-52)47-25-15-29-51-57(47)63-55-31-13-11-28-50(55)59(51)48-26-9-6-19-41(48)42-20-7-10-27-49(42)59/h1-36H. The van der Waals surface area contributed by atoms with Crippen molar-refractivity contribution in [2.45, 2.75) is 5.41 Å². The lowest BCUT2D eigenvalue weighted by Crippen LogP contribution is -2.32. The fourth-order valence-electron chi connectivity index (χ4n) is 10.3. The fourth-order valence-corrected chi connectivity index (χ4v) is 10.3. The van der Waals surface area contributed by atoms with Gasteiger partial charge in [-0.1, -0.05) is 188 Å². The van der Waals surface area contributed by atoms with Crippen LogP contribution in [0.1, 0.15) is 22.3 Å². The molecule has 11 aromatic rings. The van der Waals surface area contributed by atoms with E-state index in [0.29, 0.717) is 5.82 Å². The van der Waals surface area contributed by atoms with E-state index in [-0.39, 0.29) is 0 Å². The molecule has 9 aromatic carbocycles. The molecule has 0 saturated carbocycles. The normalized spacial score (nSPS) is 13.0. The molecular formula is C59H36N2O2. The quantitative estimate of drug-likeness (QED) is 0.174. The van der Waals surface area contributed by atoms with Crippen LogP contribution in [-0.4, -0.2) is 9.97 Å². The zero-order chi connectivity index (χ0) is 41.5. The van der Waals surface area contributed by atoms with Gasteiger partial charge in [0.15, 0.2) is 5.82 Å². The van der Waals surface area contributed by atoms with Crippen LogP contribution in [-0.2, 0) is 5.41 Å². The van der Waals surface area contributed by atoms with Gasteiger partial charge in [-0.15, -0.1) is 0 Å². The molecule has 2 aromatic heterocycles. The highest BCUT2D eigenvalue weighted by atomic mass is 16.5. The second-order valence-electron chi connectivity index (χ2n) is 16.4. The molecule has 1 spiro atoms. The minimum Gasteiger partial charge on any atom is -0.456 e. The van der Waals surface area contributed by atoms with Crippen molar-refractivity contribution < 1.29 is 9.15 Å². The van der Waals surface area contributed by atoms with E-state index in [0.717, 1.165) is 83.8 Å². The first kappa shape index (κ1) is 35.4. The molecule has 1 aliphatic heterocycles. The van der Waals surface area contributed by atoms with Gasteiger partial charge in [0, 0.05) is 33.0 Å². The third-order valence-electron chi connectivity index (χ3n) is 13.0. The van der Waals surface area contributed by atoms with E-state index >= 15 is 0 Å². The smallest absolute Gasteiger partial charge is 0.164 e. The van der Waals surface area contributed by atoms with Gasteiger partial charge in [-0.05, 0) is 74.8 Å². The van der Waals surface area contributed by atoms with Crippen LogP contribution in [0.5, 0.6) is 11.5 Å². The summed E-state index contributed by atoms with van der Waals surface area (Å²) in [6.07, 6.45) is 0. The minimum absolute atomic E-state index is 0.566. The molecular weight excluding hydrogens is 769 g/mol. The number of hydrogen-bond donors (Lipinski definition) is 0. The molecule has 0 radical (unpaired) electrons. The Hall–Kier alpha value is -8.34. The molecule has 4 heteroatoms. The van der Waals surface area contributed by atoms with Crippen molar-refractivity contribution in [2.24, 2.45) is 0 Å². The van der Waals surface area contributed by atoms with E-state index in [1.807, 2.05) is 18.2 Å². The lowest BCUT2D eigenvalue weighted by atomic mass is 9.66. The largest absolute Gasteiger partial charge is 0.456 e. The summed E-state index contributed by atoms with van der Waals surface area (Å²) in [4.78, 5) is 11.0. The van der Waals surface area contributed by atoms with Crippen molar-refractivity contribution in [2.75, 3.05) is 0 Å². The molecule has 0 N–H and O–H groups in total. The minimum atomic E-state index is -0.619. The number of hydrogen-bond acceptors (Lipinski definition) is 4. The highest BCUT2D eigenvalue weighted by Crippen LogP contribution is 2.63. The maximum Gasteiger partial charge on any atom is 0.164 e. The summed E-state index contributed by atoms with van der Waals surface area (Å²) >= 11 is 0. The topological polar surface area (TPSA) is 48.2 Å². The van der Waals surface area contributed by atoms with Gasteiger partial charge in [-0.2, -0.15) is 0 Å². The van der Waals surface area contributed by atoms with Crippen LogP contribution < -0.4 is 4.74 Å². The Bertz CT molecular complexity index is 3560. The molecule has 0 saturated heterocycles. The van der Waals surface area contributed by atoms with Crippen molar-refractivity contribution in [1.82, 2.24) is 9.97 Å². The van der Waals surface area contributed by atoms with E-state index in [9.17, 15) is 0 Å². The van der Waals surface area contributed by atoms with Crippen molar-refractivity contribution >= 4 is 21.9 Å². The van der Waals surface area contributed by atoms with Crippen LogP contribution >= 0.6 is 0 Å². The number of fused-ring (bicyclic) bond motifs is 12. The number of para-hydroxylation sites is 4. The van der Waals surface area contributed by atoms with Crippen molar-refractivity contribution in [3.05, 3.63) is 241 Å². The number of aromatic nitrogens is 2. The number of ether oxygens (including phenoxy) is 1. The average molecular weight is 805 g/mol. The summed E-state index contributed by atoms with van der Waals surface area (Å²) in [6, 6.07) is 77.0. The molecule has 2 aliphatic rings. The van der Waals surface area contributed by atoms with Crippen LogP contribution in [0, 0.1) is 0 Å². The molecule has 0 fully saturated rings. The Kier molecular flexibility index (Phi) is 7.79. The summed E-state index contributed by atoms with van der Waals surface area (Å²) in [5.41, 5.74) is 16.9. The van der Waals surface area contributed by atoms with Gasteiger partial charge in [0.2, 0.25) is 0 Å². The van der Waals surface area contributed by atoms with Crippen LogP contribution in [0.25, 0.3) is 89.2 Å². The van der Waals surface area contributed by atoms with E-state index in [2.05, 4.69) is 200 Å². The number of nitrogens with zero attached hydrogens (tertiary/aromatic N) is 2. The molecule has 0 amide bonds. The maximum atomic E-state index is 7.12. The van der Waals surface area contributed by atoms with Gasteiger partial charge < -0.3 is 9.15 Å². The number of furan rings is 1. The third kappa shape index (κ3) is 5.28. The van der Waals surface area contributed by atoms with Crippen LogP contribution in [0.3, 0.4) is 0 Å². The van der Waals surface area contributed by atoms with Gasteiger partial charge >= 0.3 is 0 Å². The SMILES string of the molecule is c1ccc(-c2ccc(-c3ccccc3-c3cc(-c4cccc5c4oc4ccccc45)nc(-c4cccc5c4Oc4ccccc4C54c5ccccc5-c5ccccc54)n3)cc2)cc1. The summed E-state index contributed by atoms with van der Waals surface area (Å²) in [6.45, 7) is 0. The zero-order valence-electron chi connectivity index (χ0n) is 34.0. The zero-order valence-corrected chi connectivity index (χ0v) is 34.0. The first-order chi connectivity index (χ1) is 31.2. The summed E-state index contributed by atoms with van der Waals surface area (Å²) in [5, 5.41) is 2.11. The van der Waals surface area contributed by atoms with E-state index < -0.39 is 5.41 Å². The molecule has 0 atom stereocenters. The average Bonchev–Trinajstić information content (AvgIpc) is 3.88. The van der Waals surface area contributed by atoms with Crippen molar-refractivity contribution in [3.8, 4) is 78.8 Å². The second kappa shape index (κ2) is 13.8. The molecule has 0 bridgehead atoms. The lowest BCUT2D eigenvalue weighted by molar-refractivity contribution is 0.437. The number of benzene rings is 9. The van der Waals surface area contributed by atoms with E-state index in [1.165, 1.54) is 33.4 Å². The Morgan fingerprint density at radius 1 is 0.349 bits per heavy atom. The Labute approximate surface area is 364 Å². The maximum absolute atomic E-state index is 7.12. The lowest BCUT2D eigenvalue weighted by Gasteiger charge is -2.39. The molecule has 13 rings (SSSR count). The highest BCUT2D eigenvalue weighted by Gasteiger charge is 2.51. The fraction of sp³-hybridized carbons (Fsp3) is 0.0169. The van der Waals surface area contributed by atoms with Gasteiger partial charge in [0.05, 0.1) is 22.4 Å². The Balaban J connectivity index is 1.06. The first-order valence-corrected chi connectivity index (χ1v) is 21.4. The van der Waals surface area contributed by atoms with Crippen LogP contribution in [0.15, 0.2) is 223 Å². The number of rotatable bonds is 5. The molecule has 294 valence electrons. The highest BCUT2D eigenvalue weighted by molar-refractivity contribution is 6.09. The summed E-state index contributed by atoms with van der Waals surface area (Å²) < 4.78 is 13.8. The third-order valence-corrected chi connectivity index (χ3v) is 13.0. The van der Waals surface area contributed by atoms with E-state index in [1.54, 1.807) is 0 Å². The first-order valence-electron chi connectivity index (χ1n) is 21.4. The van der Waals surface area contributed by atoms with Gasteiger partial charge in [0.25, 0.3) is 0 Å². The van der Waals surface area contributed by atoms with Crippen LogP contribution in [0.4, 0.5) is 0 Å². The molecule has 3 heterocycles. The molecule has 0 unspecified atom stereocenters. The predicted octanol–water partition coefficient (Wildman–Crippen LogP) is 15.2. The van der Waals surface area contributed by atoms with Gasteiger partial charge in [-0.25, -0.2) is 9.97 Å². The van der Waals surface area contributed by atoms with Crippen LogP contribution in [0.2, 0.25) is 0 Å². The summed E-state index contributed by atoms with van der Waals surface area (Å²) in [5.74, 6) is 2.13. The van der Waals surface area contributed by atoms with Gasteiger partial charge in [-0.3, -0.25) is 0 Å². The molecule has 4 nitrogen and oxygen atoms in total. The predicted molar refractivity (Wildman–Crippen MR) is 254 cm³/mol. The molecule has 63 heavy (non-hydrogen) atoms. The van der Waals surface area contributed by atoms with Gasteiger partial charge in [0.1, 0.15) is 22.7 Å². The van der Waals surface area contributed by atoms with Crippen molar-refractivity contribution in [3.63, 3.8) is 0 Å². The second-order valence-corrected chi connectivity index (χ2v) is 16.4. The summed E-state index contributed by atoms with van der Waals surface area (Å²) in [7, 11) is 0. The monoisotopic (exact) mass is 804 g/mol. The molecule has 1 aliphatic carbocycles. The Morgan fingerprint density at radius 2 is 0.873 bits per heavy atom. The van der Waals surface area contributed by atoms with E-state index in [4.69, 9.17) is 19.1 Å². The Morgan fingerprint density at radius 3 is 1.65 bits per heavy atom.